The molecule has 0 bridgehead atoms. The first-order valence-corrected chi connectivity index (χ1v) is 7.20. The summed E-state index contributed by atoms with van der Waals surface area (Å²) in [6.07, 6.45) is 4.76. The molecule has 1 heterocycles. The lowest BCUT2D eigenvalue weighted by Gasteiger charge is -2.22. The van der Waals surface area contributed by atoms with E-state index in [0.717, 1.165) is 23.9 Å². The topological polar surface area (TPSA) is 38.3 Å². The largest absolute Gasteiger partial charge is 0.378 e. The molecule has 0 spiro atoms. The molecule has 0 aromatic heterocycles. The lowest BCUT2D eigenvalue weighted by molar-refractivity contribution is 0.0117. The molecule has 1 fully saturated rings. The first kappa shape index (κ1) is 13.6. The molecule has 1 saturated heterocycles. The zero-order valence-corrected chi connectivity index (χ0v) is 11.9. The number of hydrogen-bond acceptors (Lipinski definition) is 2. The van der Waals surface area contributed by atoms with Crippen molar-refractivity contribution in [2.24, 2.45) is 0 Å². The second-order valence-corrected chi connectivity index (χ2v) is 5.46. The summed E-state index contributed by atoms with van der Waals surface area (Å²) in [5.74, 6) is -0.0155. The fourth-order valence-electron chi connectivity index (χ4n) is 2.09. The summed E-state index contributed by atoms with van der Waals surface area (Å²) in [7, 11) is 0. The van der Waals surface area contributed by atoms with Gasteiger partial charge in [0.05, 0.1) is 6.10 Å². The minimum atomic E-state index is -0.0155. The predicted octanol–water partition coefficient (Wildman–Crippen LogP) is 3.14. The van der Waals surface area contributed by atoms with E-state index in [4.69, 9.17) is 4.74 Å². The van der Waals surface area contributed by atoms with E-state index in [0.29, 0.717) is 18.2 Å². The van der Waals surface area contributed by atoms with Crippen LogP contribution in [-0.2, 0) is 4.74 Å². The summed E-state index contributed by atoms with van der Waals surface area (Å²) in [5, 5.41) is 2.93. The molecule has 1 atom stereocenters. The van der Waals surface area contributed by atoms with E-state index in [9.17, 15) is 4.79 Å². The van der Waals surface area contributed by atoms with Crippen molar-refractivity contribution in [1.82, 2.24) is 5.32 Å². The summed E-state index contributed by atoms with van der Waals surface area (Å²) < 4.78 is 6.60. The summed E-state index contributed by atoms with van der Waals surface area (Å²) in [5.41, 5.74) is 0.697. The highest BCUT2D eigenvalue weighted by Crippen LogP contribution is 2.15. The van der Waals surface area contributed by atoms with Crippen molar-refractivity contribution in [3.8, 4) is 0 Å². The van der Waals surface area contributed by atoms with Crippen molar-refractivity contribution < 1.29 is 9.53 Å². The maximum atomic E-state index is 11.8. The van der Waals surface area contributed by atoms with E-state index in [-0.39, 0.29) is 5.91 Å². The first-order chi connectivity index (χ1) is 8.75. The number of amides is 1. The average Bonchev–Trinajstić information content (AvgIpc) is 2.40. The first-order valence-electron chi connectivity index (χ1n) is 6.41. The van der Waals surface area contributed by atoms with Crippen molar-refractivity contribution >= 4 is 21.8 Å². The van der Waals surface area contributed by atoms with Gasteiger partial charge in [-0.25, -0.2) is 0 Å². The van der Waals surface area contributed by atoms with E-state index in [2.05, 4.69) is 21.2 Å². The Kier molecular flexibility index (Phi) is 5.20. The Bertz CT molecular complexity index is 385. The number of carbonyl (C=O) groups excluding carboxylic acids is 1. The van der Waals surface area contributed by atoms with E-state index in [1.54, 1.807) is 0 Å². The minimum absolute atomic E-state index is 0.0155. The highest BCUT2D eigenvalue weighted by molar-refractivity contribution is 9.10. The van der Waals surface area contributed by atoms with E-state index in [1.165, 1.54) is 12.8 Å². The van der Waals surface area contributed by atoms with Gasteiger partial charge in [-0.2, -0.15) is 0 Å². The van der Waals surface area contributed by atoms with E-state index < -0.39 is 0 Å². The van der Waals surface area contributed by atoms with Gasteiger partial charge in [-0.15, -0.1) is 0 Å². The van der Waals surface area contributed by atoms with Crippen LogP contribution >= 0.6 is 15.9 Å². The maximum Gasteiger partial charge on any atom is 0.251 e. The third kappa shape index (κ3) is 4.10. The van der Waals surface area contributed by atoms with Crippen molar-refractivity contribution in [3.63, 3.8) is 0 Å². The lowest BCUT2D eigenvalue weighted by atomic mass is 10.1. The number of benzene rings is 1. The second-order valence-electron chi connectivity index (χ2n) is 4.54. The van der Waals surface area contributed by atoms with Gasteiger partial charge < -0.3 is 10.1 Å². The summed E-state index contributed by atoms with van der Waals surface area (Å²) in [6.45, 7) is 1.55. The normalized spacial score (nSPS) is 19.5. The Labute approximate surface area is 116 Å². The van der Waals surface area contributed by atoms with Gasteiger partial charge in [-0.1, -0.05) is 15.9 Å². The molecule has 1 N–H and O–H groups in total. The van der Waals surface area contributed by atoms with Crippen LogP contribution in [0.3, 0.4) is 0 Å². The molecule has 2 rings (SSSR count). The van der Waals surface area contributed by atoms with Gasteiger partial charge in [-0.05, 0) is 49.9 Å². The Morgan fingerprint density at radius 2 is 2.11 bits per heavy atom. The molecule has 3 nitrogen and oxygen atoms in total. The molecule has 1 aliphatic heterocycles. The molecule has 4 heteroatoms. The van der Waals surface area contributed by atoms with Crippen molar-refractivity contribution in [2.45, 2.75) is 31.8 Å². The molecule has 1 aromatic rings. The van der Waals surface area contributed by atoms with Crippen LogP contribution in [0, 0.1) is 0 Å². The molecular formula is C14H18BrNO2. The van der Waals surface area contributed by atoms with Crippen LogP contribution in [0.1, 0.15) is 36.0 Å². The molecule has 1 aromatic carbocycles. The van der Waals surface area contributed by atoms with Gasteiger partial charge in [0.1, 0.15) is 0 Å². The monoisotopic (exact) mass is 311 g/mol. The molecular weight excluding hydrogens is 294 g/mol. The lowest BCUT2D eigenvalue weighted by Crippen LogP contribution is -2.29. The van der Waals surface area contributed by atoms with Crippen LogP contribution in [-0.4, -0.2) is 25.2 Å². The number of carbonyl (C=O) groups is 1. The number of ether oxygens (including phenoxy) is 1. The van der Waals surface area contributed by atoms with Gasteiger partial charge in [0.25, 0.3) is 5.91 Å². The maximum absolute atomic E-state index is 11.8. The Hall–Kier alpha value is -0.870. The standard InChI is InChI=1S/C14H18BrNO2/c15-12-6-4-11(5-7-12)14(17)16-9-8-13-3-1-2-10-18-13/h4-7,13H,1-3,8-10H2,(H,16,17). The van der Waals surface area contributed by atoms with Crippen LogP contribution in [0.4, 0.5) is 0 Å². The fraction of sp³-hybridized carbons (Fsp3) is 0.500. The van der Waals surface area contributed by atoms with Crippen LogP contribution in [0.25, 0.3) is 0 Å². The van der Waals surface area contributed by atoms with Crippen LogP contribution < -0.4 is 5.32 Å². The minimum Gasteiger partial charge on any atom is -0.378 e. The SMILES string of the molecule is O=C(NCCC1CCCCO1)c1ccc(Br)cc1. The molecule has 0 saturated carbocycles. The summed E-state index contributed by atoms with van der Waals surface area (Å²) in [6, 6.07) is 7.38. The number of rotatable bonds is 4. The number of hydrogen-bond donors (Lipinski definition) is 1. The molecule has 1 aliphatic rings. The average molecular weight is 312 g/mol. The van der Waals surface area contributed by atoms with Gasteiger partial charge in [-0.3, -0.25) is 4.79 Å². The number of nitrogens with one attached hydrogen (secondary N) is 1. The fourth-order valence-corrected chi connectivity index (χ4v) is 2.35. The summed E-state index contributed by atoms with van der Waals surface area (Å²) in [4.78, 5) is 11.8. The molecule has 0 aliphatic carbocycles. The Balaban J connectivity index is 1.72. The van der Waals surface area contributed by atoms with Crippen LogP contribution in [0.15, 0.2) is 28.7 Å². The third-order valence-electron chi connectivity index (χ3n) is 3.13. The summed E-state index contributed by atoms with van der Waals surface area (Å²) >= 11 is 3.35. The second kappa shape index (κ2) is 6.90. The van der Waals surface area contributed by atoms with Crippen molar-refractivity contribution in [1.29, 1.82) is 0 Å². The predicted molar refractivity (Wildman–Crippen MR) is 74.7 cm³/mol. The Morgan fingerprint density at radius 1 is 1.33 bits per heavy atom. The van der Waals surface area contributed by atoms with Crippen molar-refractivity contribution in [3.05, 3.63) is 34.3 Å². The van der Waals surface area contributed by atoms with Gasteiger partial charge in [0.2, 0.25) is 0 Å². The van der Waals surface area contributed by atoms with Gasteiger partial charge in [0, 0.05) is 23.2 Å². The Morgan fingerprint density at radius 3 is 2.78 bits per heavy atom. The molecule has 98 valence electrons. The number of halogens is 1. The smallest absolute Gasteiger partial charge is 0.251 e. The third-order valence-corrected chi connectivity index (χ3v) is 3.66. The molecule has 0 radical (unpaired) electrons. The zero-order valence-electron chi connectivity index (χ0n) is 10.3. The molecule has 1 unspecified atom stereocenters. The van der Waals surface area contributed by atoms with Crippen LogP contribution in [0.2, 0.25) is 0 Å². The molecule has 18 heavy (non-hydrogen) atoms. The highest BCUT2D eigenvalue weighted by Gasteiger charge is 2.13. The molecule has 1 amide bonds. The quantitative estimate of drug-likeness (QED) is 0.927. The highest BCUT2D eigenvalue weighted by atomic mass is 79.9. The van der Waals surface area contributed by atoms with Crippen LogP contribution in [0.5, 0.6) is 0 Å². The zero-order chi connectivity index (χ0) is 12.8. The van der Waals surface area contributed by atoms with Gasteiger partial charge in [0.15, 0.2) is 0 Å². The van der Waals surface area contributed by atoms with E-state index >= 15 is 0 Å². The van der Waals surface area contributed by atoms with Gasteiger partial charge >= 0.3 is 0 Å². The van der Waals surface area contributed by atoms with Crippen molar-refractivity contribution in [2.75, 3.05) is 13.2 Å². The van der Waals surface area contributed by atoms with E-state index in [1.807, 2.05) is 24.3 Å².